The average Bonchev–Trinajstić information content (AvgIpc) is 3.26. The first-order valence-electron chi connectivity index (χ1n) is 11.7. The minimum absolute atomic E-state index is 0.0177. The van der Waals surface area contributed by atoms with Crippen molar-refractivity contribution in [3.05, 3.63) is 47.0 Å². The van der Waals surface area contributed by atoms with Crippen LogP contribution in [0.1, 0.15) is 24.8 Å². The van der Waals surface area contributed by atoms with Crippen molar-refractivity contribution in [2.75, 3.05) is 44.1 Å². The number of benzene rings is 2. The summed E-state index contributed by atoms with van der Waals surface area (Å²) in [7, 11) is 3.01. The molecule has 2 aliphatic rings. The maximum absolute atomic E-state index is 13.1. The van der Waals surface area contributed by atoms with E-state index < -0.39 is 0 Å². The molecule has 4 rings (SSSR count). The zero-order valence-corrected chi connectivity index (χ0v) is 20.9. The maximum atomic E-state index is 13.1. The van der Waals surface area contributed by atoms with Gasteiger partial charge in [-0.3, -0.25) is 14.4 Å². The van der Waals surface area contributed by atoms with E-state index in [9.17, 15) is 14.4 Å². The highest BCUT2D eigenvalue weighted by atomic mass is 35.5. The quantitative estimate of drug-likeness (QED) is 0.651. The van der Waals surface area contributed by atoms with Gasteiger partial charge in [0, 0.05) is 49.8 Å². The molecule has 2 aliphatic heterocycles. The molecule has 8 nitrogen and oxygen atoms in total. The third kappa shape index (κ3) is 5.37. The Morgan fingerprint density at radius 2 is 1.66 bits per heavy atom. The van der Waals surface area contributed by atoms with Crippen molar-refractivity contribution in [2.24, 2.45) is 11.8 Å². The number of anilines is 2. The number of piperidine rings is 1. The number of halogens is 1. The lowest BCUT2D eigenvalue weighted by Gasteiger charge is -2.33. The summed E-state index contributed by atoms with van der Waals surface area (Å²) in [6, 6.07) is 11.0. The number of nitrogens with one attached hydrogen (secondary N) is 1. The van der Waals surface area contributed by atoms with Crippen LogP contribution >= 0.6 is 11.6 Å². The summed E-state index contributed by atoms with van der Waals surface area (Å²) in [6.07, 6.45) is 1.31. The third-order valence-corrected chi connectivity index (χ3v) is 7.02. The highest BCUT2D eigenvalue weighted by Crippen LogP contribution is 2.36. The van der Waals surface area contributed by atoms with Gasteiger partial charge < -0.3 is 24.6 Å². The first-order valence-corrected chi connectivity index (χ1v) is 12.1. The van der Waals surface area contributed by atoms with Crippen molar-refractivity contribution in [1.82, 2.24) is 4.90 Å². The van der Waals surface area contributed by atoms with Crippen molar-refractivity contribution < 1.29 is 23.9 Å². The van der Waals surface area contributed by atoms with Gasteiger partial charge in [0.1, 0.15) is 11.5 Å². The standard InChI is InChI=1S/C26H30ClN3O5/c1-16-4-6-19(7-5-16)30-15-18(12-24(30)31)26(33)29-10-8-17(9-11-29)25(32)28-21-14-22(34-2)20(27)13-23(21)35-3/h4-7,13-14,17-18H,8-12,15H2,1-3H3,(H,28,32)/t18-/m1/s1. The molecule has 2 aromatic carbocycles. The number of hydrogen-bond acceptors (Lipinski definition) is 5. The smallest absolute Gasteiger partial charge is 0.228 e. The molecule has 186 valence electrons. The molecule has 2 aromatic rings. The normalized spacial score (nSPS) is 18.5. The topological polar surface area (TPSA) is 88.2 Å². The van der Waals surface area contributed by atoms with Crippen molar-refractivity contribution in [3.8, 4) is 11.5 Å². The van der Waals surface area contributed by atoms with Crippen LogP contribution in [0.3, 0.4) is 0 Å². The monoisotopic (exact) mass is 499 g/mol. The first kappa shape index (κ1) is 24.9. The van der Waals surface area contributed by atoms with E-state index in [0.29, 0.717) is 54.7 Å². The number of likely N-dealkylation sites (tertiary alicyclic amines) is 1. The zero-order chi connectivity index (χ0) is 25.1. The largest absolute Gasteiger partial charge is 0.495 e. The van der Waals surface area contributed by atoms with E-state index in [1.165, 1.54) is 14.2 Å². The van der Waals surface area contributed by atoms with E-state index in [-0.39, 0.29) is 36.0 Å². The fourth-order valence-electron chi connectivity index (χ4n) is 4.66. The molecule has 1 N–H and O–H groups in total. The Labute approximate surface area is 210 Å². The van der Waals surface area contributed by atoms with Crippen molar-refractivity contribution >= 4 is 40.7 Å². The second kappa shape index (κ2) is 10.6. The Morgan fingerprint density at radius 1 is 1.00 bits per heavy atom. The van der Waals surface area contributed by atoms with Gasteiger partial charge in [0.05, 0.1) is 30.8 Å². The summed E-state index contributed by atoms with van der Waals surface area (Å²) in [5.41, 5.74) is 2.42. The molecular formula is C26H30ClN3O5. The van der Waals surface area contributed by atoms with Crippen LogP contribution in [-0.4, -0.2) is 56.5 Å². The van der Waals surface area contributed by atoms with Crippen LogP contribution < -0.4 is 19.7 Å². The van der Waals surface area contributed by atoms with Gasteiger partial charge in [0.15, 0.2) is 0 Å². The Morgan fingerprint density at radius 3 is 2.29 bits per heavy atom. The predicted molar refractivity (Wildman–Crippen MR) is 134 cm³/mol. The summed E-state index contributed by atoms with van der Waals surface area (Å²) in [5, 5.41) is 3.30. The number of carbonyl (C=O) groups excluding carboxylic acids is 3. The number of hydrogen-bond donors (Lipinski definition) is 1. The van der Waals surface area contributed by atoms with Gasteiger partial charge in [-0.25, -0.2) is 0 Å². The lowest BCUT2D eigenvalue weighted by Crippen LogP contribution is -2.44. The van der Waals surface area contributed by atoms with Crippen LogP contribution in [-0.2, 0) is 14.4 Å². The lowest BCUT2D eigenvalue weighted by atomic mass is 9.94. The van der Waals surface area contributed by atoms with Gasteiger partial charge in [-0.1, -0.05) is 29.3 Å². The highest BCUT2D eigenvalue weighted by molar-refractivity contribution is 6.32. The highest BCUT2D eigenvalue weighted by Gasteiger charge is 2.38. The molecular weight excluding hydrogens is 470 g/mol. The molecule has 0 bridgehead atoms. The molecule has 2 saturated heterocycles. The van der Waals surface area contributed by atoms with Crippen molar-refractivity contribution in [2.45, 2.75) is 26.2 Å². The predicted octanol–water partition coefficient (Wildman–Crippen LogP) is 3.90. The van der Waals surface area contributed by atoms with Crippen LogP contribution in [0.15, 0.2) is 36.4 Å². The summed E-state index contributed by atoms with van der Waals surface area (Å²) in [4.78, 5) is 42.1. The molecule has 0 aromatic heterocycles. The number of ether oxygens (including phenoxy) is 2. The number of rotatable bonds is 6. The molecule has 2 heterocycles. The Bertz CT molecular complexity index is 1110. The number of nitrogens with zero attached hydrogens (tertiary/aromatic N) is 2. The zero-order valence-electron chi connectivity index (χ0n) is 20.2. The average molecular weight is 500 g/mol. The van der Waals surface area contributed by atoms with Crippen molar-refractivity contribution in [3.63, 3.8) is 0 Å². The van der Waals surface area contributed by atoms with Gasteiger partial charge in [-0.2, -0.15) is 0 Å². The summed E-state index contributed by atoms with van der Waals surface area (Å²) in [6.45, 7) is 3.34. The molecule has 0 spiro atoms. The number of amides is 3. The second-order valence-electron chi connectivity index (χ2n) is 9.02. The van der Waals surface area contributed by atoms with E-state index in [2.05, 4.69) is 5.32 Å². The van der Waals surface area contributed by atoms with Crippen LogP contribution in [0.25, 0.3) is 0 Å². The van der Waals surface area contributed by atoms with Crippen LogP contribution in [0.2, 0.25) is 5.02 Å². The number of carbonyl (C=O) groups is 3. The van der Waals surface area contributed by atoms with E-state index in [1.807, 2.05) is 31.2 Å². The summed E-state index contributed by atoms with van der Waals surface area (Å²) in [5.74, 6) is 0.0977. The van der Waals surface area contributed by atoms with E-state index in [4.69, 9.17) is 21.1 Å². The first-order chi connectivity index (χ1) is 16.8. The molecule has 0 radical (unpaired) electrons. The molecule has 1 atom stereocenters. The fraction of sp³-hybridized carbons (Fsp3) is 0.423. The lowest BCUT2D eigenvalue weighted by molar-refractivity contribution is -0.138. The third-order valence-electron chi connectivity index (χ3n) is 6.73. The molecule has 35 heavy (non-hydrogen) atoms. The minimum atomic E-state index is -0.361. The molecule has 0 aliphatic carbocycles. The van der Waals surface area contributed by atoms with Gasteiger partial charge >= 0.3 is 0 Å². The van der Waals surface area contributed by atoms with E-state index >= 15 is 0 Å². The summed E-state index contributed by atoms with van der Waals surface area (Å²) < 4.78 is 10.6. The van der Waals surface area contributed by atoms with Crippen molar-refractivity contribution in [1.29, 1.82) is 0 Å². The molecule has 2 fully saturated rings. The SMILES string of the molecule is COc1cc(NC(=O)C2CCN(C(=O)[C@@H]3CC(=O)N(c4ccc(C)cc4)C3)CC2)c(OC)cc1Cl. The minimum Gasteiger partial charge on any atom is -0.495 e. The van der Waals surface area contributed by atoms with Crippen LogP contribution in [0.5, 0.6) is 11.5 Å². The number of aryl methyl sites for hydroxylation is 1. The molecule has 0 saturated carbocycles. The Hall–Kier alpha value is -3.26. The molecule has 3 amide bonds. The van der Waals surface area contributed by atoms with Gasteiger partial charge in [-0.05, 0) is 31.9 Å². The van der Waals surface area contributed by atoms with Gasteiger partial charge in [-0.15, -0.1) is 0 Å². The fourth-order valence-corrected chi connectivity index (χ4v) is 4.89. The van der Waals surface area contributed by atoms with Gasteiger partial charge in [0.2, 0.25) is 17.7 Å². The Kier molecular flexibility index (Phi) is 7.50. The molecule has 0 unspecified atom stereocenters. The second-order valence-corrected chi connectivity index (χ2v) is 9.42. The van der Waals surface area contributed by atoms with Gasteiger partial charge in [0.25, 0.3) is 0 Å². The maximum Gasteiger partial charge on any atom is 0.228 e. The van der Waals surface area contributed by atoms with E-state index in [0.717, 1.165) is 11.3 Å². The summed E-state index contributed by atoms with van der Waals surface area (Å²) >= 11 is 6.14. The Balaban J connectivity index is 1.33. The number of methoxy groups -OCH3 is 2. The van der Waals surface area contributed by atoms with Crippen LogP contribution in [0.4, 0.5) is 11.4 Å². The van der Waals surface area contributed by atoms with Crippen LogP contribution in [0, 0.1) is 18.8 Å². The molecule has 9 heteroatoms. The van der Waals surface area contributed by atoms with E-state index in [1.54, 1.807) is 21.9 Å².